The first-order chi connectivity index (χ1) is 22.9. The van der Waals surface area contributed by atoms with Crippen molar-refractivity contribution in [3.63, 3.8) is 0 Å². The fourth-order valence-electron chi connectivity index (χ4n) is 8.02. The second-order valence-electron chi connectivity index (χ2n) is 13.4. The molecular formula is C43H33N3O. The third kappa shape index (κ3) is 4.25. The van der Waals surface area contributed by atoms with Crippen LogP contribution in [0.5, 0.6) is 5.75 Å². The Hall–Kier alpha value is -5.61. The lowest BCUT2D eigenvalue weighted by Crippen LogP contribution is -2.43. The van der Waals surface area contributed by atoms with Crippen molar-refractivity contribution in [3.05, 3.63) is 162 Å². The van der Waals surface area contributed by atoms with Gasteiger partial charge in [0, 0.05) is 33.6 Å². The largest absolute Gasteiger partial charge is 0.482 e. The summed E-state index contributed by atoms with van der Waals surface area (Å²) < 4.78 is 7.05. The first-order valence-corrected chi connectivity index (χ1v) is 16.2. The molecule has 0 saturated carbocycles. The normalized spacial score (nSPS) is 19.9. The Kier molecular flexibility index (Phi) is 6.01. The monoisotopic (exact) mass is 607 g/mol. The number of aromatic nitrogens is 3. The minimum atomic E-state index is -0.493. The molecule has 0 spiro atoms. The molecule has 3 aliphatic rings. The lowest BCUT2D eigenvalue weighted by Gasteiger charge is -2.40. The highest BCUT2D eigenvalue weighted by Crippen LogP contribution is 2.61. The molecule has 2 unspecified atom stereocenters. The van der Waals surface area contributed by atoms with Crippen molar-refractivity contribution in [2.75, 3.05) is 0 Å². The van der Waals surface area contributed by atoms with Crippen LogP contribution in [0.4, 0.5) is 0 Å². The molecule has 4 nitrogen and oxygen atoms in total. The highest BCUT2D eigenvalue weighted by Gasteiger charge is 2.56. The zero-order valence-electron chi connectivity index (χ0n) is 26.6. The zero-order valence-corrected chi connectivity index (χ0v) is 26.6. The molecule has 4 heteroatoms. The summed E-state index contributed by atoms with van der Waals surface area (Å²) in [7, 11) is 0. The van der Waals surface area contributed by atoms with Gasteiger partial charge in [-0.05, 0) is 46.4 Å². The molecule has 1 aromatic heterocycles. The van der Waals surface area contributed by atoms with Gasteiger partial charge in [0.05, 0.1) is 0 Å². The minimum absolute atomic E-state index is 0.121. The SMILES string of the molecule is CC1(C)C2=C(C=CC3c4ccc(-c5nc(-c6ccccc6)nc(-c6ccc(-c7ccccc7)cc6)n5)cc4OC23C)c2ccccc21. The van der Waals surface area contributed by atoms with Gasteiger partial charge in [0.25, 0.3) is 0 Å². The fraction of sp³-hybridized carbons (Fsp3) is 0.140. The van der Waals surface area contributed by atoms with Gasteiger partial charge in [0.15, 0.2) is 17.5 Å². The van der Waals surface area contributed by atoms with E-state index in [1.54, 1.807) is 0 Å². The van der Waals surface area contributed by atoms with Crippen LogP contribution in [0.1, 0.15) is 43.4 Å². The fourth-order valence-corrected chi connectivity index (χ4v) is 8.02. The van der Waals surface area contributed by atoms with E-state index in [9.17, 15) is 0 Å². The molecular weight excluding hydrogens is 574 g/mol. The van der Waals surface area contributed by atoms with Crippen molar-refractivity contribution in [3.8, 4) is 51.0 Å². The Bertz CT molecular complexity index is 2250. The molecule has 2 atom stereocenters. The second-order valence-corrected chi connectivity index (χ2v) is 13.4. The summed E-state index contributed by atoms with van der Waals surface area (Å²) in [5.41, 5.74) is 11.0. The molecule has 0 radical (unpaired) electrons. The number of allylic oxidation sites excluding steroid dienone is 2. The molecule has 47 heavy (non-hydrogen) atoms. The molecule has 0 saturated heterocycles. The number of hydrogen-bond donors (Lipinski definition) is 0. The van der Waals surface area contributed by atoms with Crippen LogP contribution < -0.4 is 4.74 Å². The van der Waals surface area contributed by atoms with E-state index in [0.717, 1.165) is 28.0 Å². The van der Waals surface area contributed by atoms with Crippen LogP contribution in [0.2, 0.25) is 0 Å². The Morgan fingerprint density at radius 1 is 0.553 bits per heavy atom. The van der Waals surface area contributed by atoms with Gasteiger partial charge in [-0.2, -0.15) is 0 Å². The van der Waals surface area contributed by atoms with Gasteiger partial charge in [0.1, 0.15) is 11.4 Å². The summed E-state index contributed by atoms with van der Waals surface area (Å²) in [5, 5.41) is 0. The molecule has 226 valence electrons. The average Bonchev–Trinajstić information content (AvgIpc) is 3.55. The summed E-state index contributed by atoms with van der Waals surface area (Å²) in [5.74, 6) is 2.91. The van der Waals surface area contributed by atoms with E-state index < -0.39 is 5.60 Å². The van der Waals surface area contributed by atoms with E-state index in [2.05, 4.69) is 124 Å². The number of ether oxygens (including phenoxy) is 1. The van der Waals surface area contributed by atoms with Crippen molar-refractivity contribution >= 4 is 5.57 Å². The maximum absolute atomic E-state index is 7.05. The minimum Gasteiger partial charge on any atom is -0.482 e. The van der Waals surface area contributed by atoms with Gasteiger partial charge >= 0.3 is 0 Å². The third-order valence-corrected chi connectivity index (χ3v) is 10.2. The van der Waals surface area contributed by atoms with Crippen LogP contribution in [-0.2, 0) is 5.41 Å². The van der Waals surface area contributed by atoms with Gasteiger partial charge in [-0.15, -0.1) is 0 Å². The topological polar surface area (TPSA) is 47.9 Å². The van der Waals surface area contributed by atoms with Crippen LogP contribution in [0.3, 0.4) is 0 Å². The van der Waals surface area contributed by atoms with Crippen LogP contribution >= 0.6 is 0 Å². The van der Waals surface area contributed by atoms with E-state index >= 15 is 0 Å². The molecule has 0 N–H and O–H groups in total. The van der Waals surface area contributed by atoms with Crippen LogP contribution in [0.25, 0.3) is 50.9 Å². The zero-order chi connectivity index (χ0) is 31.8. The summed E-state index contributed by atoms with van der Waals surface area (Å²) in [6.07, 6.45) is 4.64. The van der Waals surface area contributed by atoms with Crippen molar-refractivity contribution in [2.45, 2.75) is 37.7 Å². The number of fused-ring (bicyclic) bond motifs is 6. The van der Waals surface area contributed by atoms with E-state index in [1.807, 2.05) is 36.4 Å². The van der Waals surface area contributed by atoms with Crippen LogP contribution in [0, 0.1) is 0 Å². The maximum atomic E-state index is 7.05. The number of benzene rings is 5. The van der Waals surface area contributed by atoms with Gasteiger partial charge in [0.2, 0.25) is 0 Å². The molecule has 0 bridgehead atoms. The maximum Gasteiger partial charge on any atom is 0.164 e. The highest BCUT2D eigenvalue weighted by molar-refractivity contribution is 5.89. The first-order valence-electron chi connectivity index (χ1n) is 16.2. The average molecular weight is 608 g/mol. The molecule has 0 fully saturated rings. The smallest absolute Gasteiger partial charge is 0.164 e. The molecule has 2 heterocycles. The van der Waals surface area contributed by atoms with Crippen molar-refractivity contribution < 1.29 is 4.74 Å². The first kappa shape index (κ1) is 27.7. The summed E-state index contributed by atoms with van der Waals surface area (Å²) in [6.45, 7) is 6.92. The van der Waals surface area contributed by atoms with Gasteiger partial charge < -0.3 is 4.74 Å². The van der Waals surface area contributed by atoms with Gasteiger partial charge in [-0.3, -0.25) is 0 Å². The summed E-state index contributed by atoms with van der Waals surface area (Å²) in [6, 6.07) is 44.2. The van der Waals surface area contributed by atoms with E-state index in [1.165, 1.54) is 33.4 Å². The van der Waals surface area contributed by atoms with Crippen molar-refractivity contribution in [2.24, 2.45) is 0 Å². The lowest BCUT2D eigenvalue weighted by molar-refractivity contribution is 0.128. The Labute approximate surface area is 275 Å². The molecule has 2 aliphatic carbocycles. The van der Waals surface area contributed by atoms with E-state index in [-0.39, 0.29) is 11.3 Å². The molecule has 5 aromatic carbocycles. The summed E-state index contributed by atoms with van der Waals surface area (Å²) in [4.78, 5) is 15.0. The quantitative estimate of drug-likeness (QED) is 0.200. The van der Waals surface area contributed by atoms with Crippen molar-refractivity contribution in [1.29, 1.82) is 0 Å². The van der Waals surface area contributed by atoms with Crippen molar-refractivity contribution in [1.82, 2.24) is 15.0 Å². The van der Waals surface area contributed by atoms with Crippen LogP contribution in [-0.4, -0.2) is 20.6 Å². The number of nitrogens with zero attached hydrogens (tertiary/aromatic N) is 3. The Balaban J connectivity index is 1.12. The predicted octanol–water partition coefficient (Wildman–Crippen LogP) is 10.1. The highest BCUT2D eigenvalue weighted by atomic mass is 16.5. The third-order valence-electron chi connectivity index (χ3n) is 10.2. The molecule has 9 rings (SSSR count). The Morgan fingerprint density at radius 3 is 1.79 bits per heavy atom. The molecule has 0 amide bonds. The number of rotatable bonds is 4. The Morgan fingerprint density at radius 2 is 1.09 bits per heavy atom. The summed E-state index contributed by atoms with van der Waals surface area (Å²) >= 11 is 0. The molecule has 6 aromatic rings. The van der Waals surface area contributed by atoms with Crippen LogP contribution in [0.15, 0.2) is 145 Å². The lowest BCUT2D eigenvalue weighted by atomic mass is 9.67. The second kappa shape index (κ2) is 10.2. The predicted molar refractivity (Wildman–Crippen MR) is 189 cm³/mol. The van der Waals surface area contributed by atoms with E-state index in [0.29, 0.717) is 17.5 Å². The van der Waals surface area contributed by atoms with Gasteiger partial charge in [-0.1, -0.05) is 147 Å². The van der Waals surface area contributed by atoms with Gasteiger partial charge in [-0.25, -0.2) is 15.0 Å². The number of hydrogen-bond acceptors (Lipinski definition) is 4. The molecule has 1 aliphatic heterocycles. The standard InChI is InChI=1S/C43H33N3O/c1-42(2)35-17-11-10-16-32(35)33-24-25-36-34-23-22-31(26-37(34)47-43(36,3)38(33)42)41-45-39(29-14-8-5-9-15-29)44-40(46-41)30-20-18-28(19-21-30)27-12-6-4-7-13-27/h4-26,36H,1-3H3. The van der Waals surface area contributed by atoms with E-state index in [4.69, 9.17) is 19.7 Å².